The number of hydrogen-bond acceptors (Lipinski definition) is 0. The minimum Gasteiger partial charge on any atom is -0.353 e. The minimum atomic E-state index is 0.441. The third-order valence-corrected chi connectivity index (χ3v) is 4.79. The molecule has 0 unspecified atom stereocenters. The Labute approximate surface area is 91.7 Å². The molecule has 0 saturated heterocycles. The van der Waals surface area contributed by atoms with E-state index in [9.17, 15) is 0 Å². The third-order valence-electron chi connectivity index (χ3n) is 4.79. The number of hydrogen-bond donors (Lipinski definition) is 1. The van der Waals surface area contributed by atoms with Crippen molar-refractivity contribution in [2.45, 2.75) is 49.5 Å². The van der Waals surface area contributed by atoms with Crippen LogP contribution in [0.3, 0.4) is 0 Å². The van der Waals surface area contributed by atoms with Gasteiger partial charge in [-0.3, -0.25) is 0 Å². The highest BCUT2D eigenvalue weighted by molar-refractivity contribution is 5.28. The number of rotatable bonds is 1. The predicted octanol–water partition coefficient (Wildman–Crippen LogP) is 2.27. The van der Waals surface area contributed by atoms with Crippen LogP contribution in [0.15, 0.2) is 30.3 Å². The van der Waals surface area contributed by atoms with Gasteiger partial charge < -0.3 is 5.73 Å². The lowest BCUT2D eigenvalue weighted by Gasteiger charge is -2.50. The molecule has 1 aromatic carbocycles. The van der Waals surface area contributed by atoms with Crippen molar-refractivity contribution in [3.8, 4) is 0 Å². The molecule has 3 fully saturated rings. The molecule has 2 bridgehead atoms. The van der Waals surface area contributed by atoms with E-state index in [2.05, 4.69) is 36.1 Å². The zero-order valence-electron chi connectivity index (χ0n) is 9.34. The molecular formula is C14H20N+. The monoisotopic (exact) mass is 202 g/mol. The van der Waals surface area contributed by atoms with Crippen molar-refractivity contribution in [3.05, 3.63) is 35.9 Å². The van der Waals surface area contributed by atoms with E-state index >= 15 is 0 Å². The lowest BCUT2D eigenvalue weighted by Crippen LogP contribution is -2.76. The van der Waals surface area contributed by atoms with Crippen LogP contribution in [0, 0.1) is 0 Å². The molecule has 80 valence electrons. The summed E-state index contributed by atoms with van der Waals surface area (Å²) in [5.74, 6) is 0. The summed E-state index contributed by atoms with van der Waals surface area (Å²) >= 11 is 0. The SMILES string of the molecule is [NH3+]C12CCC(c3ccccc3)(CC1)CC2. The van der Waals surface area contributed by atoms with Gasteiger partial charge in [0.05, 0.1) is 5.54 Å². The van der Waals surface area contributed by atoms with Crippen molar-refractivity contribution in [1.29, 1.82) is 0 Å². The molecule has 3 aliphatic carbocycles. The van der Waals surface area contributed by atoms with Gasteiger partial charge in [-0.1, -0.05) is 30.3 Å². The van der Waals surface area contributed by atoms with E-state index in [1.807, 2.05) is 0 Å². The summed E-state index contributed by atoms with van der Waals surface area (Å²) in [5.41, 5.74) is 6.94. The van der Waals surface area contributed by atoms with Gasteiger partial charge in [0, 0.05) is 19.3 Å². The molecule has 15 heavy (non-hydrogen) atoms. The molecule has 0 radical (unpaired) electrons. The second-order valence-electron chi connectivity index (χ2n) is 5.65. The van der Waals surface area contributed by atoms with E-state index in [0.717, 1.165) is 0 Å². The summed E-state index contributed by atoms with van der Waals surface area (Å²) in [7, 11) is 0. The lowest BCUT2D eigenvalue weighted by atomic mass is 9.55. The molecule has 3 aliphatic rings. The topological polar surface area (TPSA) is 27.6 Å². The lowest BCUT2D eigenvalue weighted by molar-refractivity contribution is -0.495. The first-order chi connectivity index (χ1) is 7.23. The first kappa shape index (κ1) is 9.41. The molecule has 0 aromatic heterocycles. The van der Waals surface area contributed by atoms with Gasteiger partial charge in [-0.2, -0.15) is 0 Å². The van der Waals surface area contributed by atoms with Crippen LogP contribution in [-0.2, 0) is 5.41 Å². The first-order valence-corrected chi connectivity index (χ1v) is 6.14. The van der Waals surface area contributed by atoms with Gasteiger partial charge >= 0.3 is 0 Å². The average molecular weight is 202 g/mol. The van der Waals surface area contributed by atoms with Gasteiger partial charge in [-0.05, 0) is 30.2 Å². The van der Waals surface area contributed by atoms with Crippen LogP contribution in [0.25, 0.3) is 0 Å². The van der Waals surface area contributed by atoms with Crippen molar-refractivity contribution in [2.24, 2.45) is 0 Å². The summed E-state index contributed by atoms with van der Waals surface area (Å²) in [6.45, 7) is 0. The second kappa shape index (κ2) is 3.08. The van der Waals surface area contributed by atoms with Crippen molar-refractivity contribution >= 4 is 0 Å². The highest BCUT2D eigenvalue weighted by atomic mass is 14.8. The highest BCUT2D eigenvalue weighted by Gasteiger charge is 2.49. The standard InChI is InChI=1S/C14H19N/c15-14-9-6-13(7-10-14,8-11-14)12-4-2-1-3-5-12/h1-5H,6-11,15H2/p+1. The number of fused-ring (bicyclic) bond motifs is 3. The van der Waals surface area contributed by atoms with E-state index in [0.29, 0.717) is 11.0 Å². The fourth-order valence-corrected chi connectivity index (χ4v) is 3.49. The predicted molar refractivity (Wildman–Crippen MR) is 61.4 cm³/mol. The molecule has 1 aromatic rings. The Kier molecular flexibility index (Phi) is 1.93. The molecule has 3 N–H and O–H groups in total. The second-order valence-corrected chi connectivity index (χ2v) is 5.65. The third kappa shape index (κ3) is 1.41. The number of quaternary nitrogens is 1. The van der Waals surface area contributed by atoms with E-state index < -0.39 is 0 Å². The first-order valence-electron chi connectivity index (χ1n) is 6.14. The van der Waals surface area contributed by atoms with Gasteiger partial charge in [-0.25, -0.2) is 0 Å². The summed E-state index contributed by atoms with van der Waals surface area (Å²) in [5, 5.41) is 0. The quantitative estimate of drug-likeness (QED) is 0.723. The van der Waals surface area contributed by atoms with Crippen molar-refractivity contribution in [3.63, 3.8) is 0 Å². The Morgan fingerprint density at radius 3 is 1.87 bits per heavy atom. The van der Waals surface area contributed by atoms with Crippen molar-refractivity contribution in [1.82, 2.24) is 0 Å². The summed E-state index contributed by atoms with van der Waals surface area (Å²) in [6, 6.07) is 11.1. The van der Waals surface area contributed by atoms with Crippen LogP contribution in [0.4, 0.5) is 0 Å². The van der Waals surface area contributed by atoms with E-state index in [-0.39, 0.29) is 0 Å². The molecule has 0 spiro atoms. The van der Waals surface area contributed by atoms with E-state index in [1.54, 1.807) is 5.56 Å². The molecular weight excluding hydrogens is 182 g/mol. The van der Waals surface area contributed by atoms with Gasteiger partial charge in [0.25, 0.3) is 0 Å². The van der Waals surface area contributed by atoms with Crippen molar-refractivity contribution in [2.75, 3.05) is 0 Å². The Morgan fingerprint density at radius 1 is 0.800 bits per heavy atom. The largest absolute Gasteiger partial charge is 0.353 e. The van der Waals surface area contributed by atoms with Gasteiger partial charge in [0.1, 0.15) is 0 Å². The highest BCUT2D eigenvalue weighted by Crippen LogP contribution is 2.51. The van der Waals surface area contributed by atoms with E-state index in [4.69, 9.17) is 0 Å². The van der Waals surface area contributed by atoms with Crippen LogP contribution in [0.5, 0.6) is 0 Å². The Balaban J connectivity index is 1.94. The molecule has 1 nitrogen and oxygen atoms in total. The maximum Gasteiger partial charge on any atom is 0.0946 e. The Morgan fingerprint density at radius 2 is 1.33 bits per heavy atom. The van der Waals surface area contributed by atoms with Gasteiger partial charge in [0.2, 0.25) is 0 Å². The molecule has 0 heterocycles. The smallest absolute Gasteiger partial charge is 0.0946 e. The fourth-order valence-electron chi connectivity index (χ4n) is 3.49. The maximum atomic E-state index is 4.41. The minimum absolute atomic E-state index is 0.441. The Hall–Kier alpha value is -0.820. The van der Waals surface area contributed by atoms with Crippen LogP contribution in [0.2, 0.25) is 0 Å². The zero-order chi connectivity index (χ0) is 10.4. The number of benzene rings is 1. The molecule has 4 rings (SSSR count). The molecule has 0 amide bonds. The van der Waals surface area contributed by atoms with Crippen molar-refractivity contribution < 1.29 is 5.73 Å². The molecule has 0 aliphatic heterocycles. The summed E-state index contributed by atoms with van der Waals surface area (Å²) < 4.78 is 0. The Bertz CT molecular complexity index is 330. The maximum absolute atomic E-state index is 4.41. The average Bonchev–Trinajstić information content (AvgIpc) is 2.32. The fraction of sp³-hybridized carbons (Fsp3) is 0.571. The molecule has 0 atom stereocenters. The zero-order valence-corrected chi connectivity index (χ0v) is 9.34. The summed E-state index contributed by atoms with van der Waals surface area (Å²) in [4.78, 5) is 0. The van der Waals surface area contributed by atoms with Crippen LogP contribution in [-0.4, -0.2) is 5.54 Å². The van der Waals surface area contributed by atoms with Crippen LogP contribution >= 0.6 is 0 Å². The van der Waals surface area contributed by atoms with Gasteiger partial charge in [0.15, 0.2) is 0 Å². The van der Waals surface area contributed by atoms with Gasteiger partial charge in [-0.15, -0.1) is 0 Å². The molecule has 3 saturated carbocycles. The van der Waals surface area contributed by atoms with Crippen LogP contribution < -0.4 is 5.73 Å². The normalized spacial score (nSPS) is 39.3. The summed E-state index contributed by atoms with van der Waals surface area (Å²) in [6.07, 6.45) is 8.09. The van der Waals surface area contributed by atoms with E-state index in [1.165, 1.54) is 38.5 Å². The molecule has 1 heteroatoms. The van der Waals surface area contributed by atoms with Crippen LogP contribution in [0.1, 0.15) is 44.1 Å².